The Morgan fingerprint density at radius 2 is 1.59 bits per heavy atom. The third-order valence-corrected chi connectivity index (χ3v) is 9.66. The van der Waals surface area contributed by atoms with E-state index in [4.69, 9.17) is 14.8 Å². The number of hydrogen-bond donors (Lipinski definition) is 0. The maximum absolute atomic E-state index is 6.67. The number of aromatic nitrogens is 4. The van der Waals surface area contributed by atoms with Crippen LogP contribution < -0.4 is 4.74 Å². The van der Waals surface area contributed by atoms with Crippen molar-refractivity contribution < 1.29 is 25.8 Å². The summed E-state index contributed by atoms with van der Waals surface area (Å²) in [5.41, 5.74) is 10.8. The predicted octanol–water partition coefficient (Wildman–Crippen LogP) is 11.8. The molecule has 4 aromatic carbocycles. The molecular weight excluding hydrogens is 808 g/mol. The van der Waals surface area contributed by atoms with Gasteiger partial charge in [-0.2, -0.15) is 11.2 Å². The number of hydrogen-bond acceptors (Lipinski definition) is 3. The van der Waals surface area contributed by atoms with Crippen molar-refractivity contribution in [1.82, 2.24) is 19.3 Å². The zero-order valence-electron chi connectivity index (χ0n) is 30.7. The minimum absolute atomic E-state index is 0. The molecule has 0 bridgehead atoms. The van der Waals surface area contributed by atoms with Crippen molar-refractivity contribution in [3.05, 3.63) is 131 Å². The number of rotatable bonds is 10. The van der Waals surface area contributed by atoms with Crippen LogP contribution in [0.5, 0.6) is 11.5 Å². The Balaban J connectivity index is 0.00000448. The number of nitrogens with zero attached hydrogens (tertiary/aromatic N) is 4. The first-order valence-corrected chi connectivity index (χ1v) is 17.9. The van der Waals surface area contributed by atoms with Crippen LogP contribution in [0.3, 0.4) is 0 Å². The van der Waals surface area contributed by atoms with Gasteiger partial charge in [0.2, 0.25) is 0 Å². The van der Waals surface area contributed by atoms with E-state index in [-0.39, 0.29) is 26.5 Å². The summed E-state index contributed by atoms with van der Waals surface area (Å²) in [7, 11) is 0. The minimum Gasteiger partial charge on any atom is -0.509 e. The van der Waals surface area contributed by atoms with Crippen molar-refractivity contribution in [2.45, 2.75) is 86.0 Å². The SMILES string of the molecule is CCCCCCc1ccc2c(c1)c1ccc(Oc3[c-]c(-n4nc(C)c(-c5ccccc5)c4C)cc(C(C)(C)C)c3)[c-]c1n2-c1cc(C)ccn1.[Pt+2]. The van der Waals surface area contributed by atoms with E-state index in [1.807, 2.05) is 29.1 Å². The molecule has 5 nitrogen and oxygen atoms in total. The van der Waals surface area contributed by atoms with Crippen LogP contribution in [0.4, 0.5) is 0 Å². The summed E-state index contributed by atoms with van der Waals surface area (Å²) in [6.07, 6.45) is 7.96. The van der Waals surface area contributed by atoms with Crippen molar-refractivity contribution in [2.75, 3.05) is 0 Å². The molecule has 7 aromatic rings. The molecule has 3 heterocycles. The van der Waals surface area contributed by atoms with Gasteiger partial charge in [-0.05, 0) is 85.0 Å². The Morgan fingerprint density at radius 3 is 2.33 bits per heavy atom. The van der Waals surface area contributed by atoms with Gasteiger partial charge in [-0.1, -0.05) is 94.9 Å². The summed E-state index contributed by atoms with van der Waals surface area (Å²) in [6, 6.07) is 37.2. The maximum atomic E-state index is 6.67. The Kier molecular flexibility index (Phi) is 10.7. The van der Waals surface area contributed by atoms with Gasteiger partial charge < -0.3 is 9.30 Å². The van der Waals surface area contributed by atoms with Crippen molar-refractivity contribution >= 4 is 21.8 Å². The molecule has 0 aliphatic rings. The van der Waals surface area contributed by atoms with Crippen molar-refractivity contribution in [1.29, 1.82) is 0 Å². The summed E-state index contributed by atoms with van der Waals surface area (Å²) in [6.45, 7) is 15.2. The number of pyridine rings is 1. The first-order chi connectivity index (χ1) is 24.1. The average Bonchev–Trinajstić information content (AvgIpc) is 3.58. The molecule has 0 radical (unpaired) electrons. The largest absolute Gasteiger partial charge is 2.00 e. The van der Waals surface area contributed by atoms with Gasteiger partial charge in [0.15, 0.2) is 0 Å². The van der Waals surface area contributed by atoms with E-state index in [0.717, 1.165) is 68.0 Å². The minimum atomic E-state index is -0.120. The molecule has 0 amide bonds. The average molecular weight is 854 g/mol. The zero-order valence-corrected chi connectivity index (χ0v) is 33.0. The number of aryl methyl sites for hydroxylation is 3. The summed E-state index contributed by atoms with van der Waals surface area (Å²) in [4.78, 5) is 4.80. The molecule has 0 aliphatic heterocycles. The molecule has 51 heavy (non-hydrogen) atoms. The summed E-state index contributed by atoms with van der Waals surface area (Å²) < 4.78 is 10.9. The van der Waals surface area contributed by atoms with E-state index < -0.39 is 0 Å². The van der Waals surface area contributed by atoms with Crippen LogP contribution in [-0.4, -0.2) is 19.3 Å². The topological polar surface area (TPSA) is 44.9 Å². The van der Waals surface area contributed by atoms with E-state index in [1.54, 1.807) is 0 Å². The summed E-state index contributed by atoms with van der Waals surface area (Å²) in [5.74, 6) is 2.12. The van der Waals surface area contributed by atoms with Gasteiger partial charge in [0.1, 0.15) is 5.82 Å². The standard InChI is InChI=1S/C45H46N4O.Pt/c1-8-9-10-12-15-33-18-21-41-40(25-33)39-20-19-37(29-42(39)48(41)43-24-30(2)22-23-46-43)50-38-27-35(45(5,6)7)26-36(28-38)49-32(4)44(31(3)47-49)34-16-13-11-14-17-34;/h11,13-14,16-27H,8-10,12,15H2,1-7H3;/q-2;+2. The number of fused-ring (bicyclic) bond motifs is 3. The second kappa shape index (κ2) is 15.0. The second-order valence-electron chi connectivity index (χ2n) is 14.6. The second-order valence-corrected chi connectivity index (χ2v) is 14.6. The third kappa shape index (κ3) is 7.46. The van der Waals surface area contributed by atoms with E-state index in [9.17, 15) is 0 Å². The van der Waals surface area contributed by atoms with Crippen LogP contribution in [-0.2, 0) is 32.9 Å². The predicted molar refractivity (Wildman–Crippen MR) is 206 cm³/mol. The molecule has 0 fully saturated rings. The van der Waals surface area contributed by atoms with E-state index in [0.29, 0.717) is 11.5 Å². The van der Waals surface area contributed by atoms with Gasteiger partial charge in [-0.25, -0.2) is 4.98 Å². The third-order valence-electron chi connectivity index (χ3n) is 9.66. The summed E-state index contributed by atoms with van der Waals surface area (Å²) >= 11 is 0. The number of ether oxygens (including phenoxy) is 1. The van der Waals surface area contributed by atoms with Gasteiger partial charge in [-0.3, -0.25) is 4.68 Å². The molecule has 0 unspecified atom stereocenters. The molecule has 0 saturated carbocycles. The molecule has 7 rings (SSSR count). The first kappa shape index (κ1) is 36.3. The molecule has 3 aromatic heterocycles. The van der Waals surface area contributed by atoms with Gasteiger partial charge in [0.05, 0.1) is 5.69 Å². The Morgan fingerprint density at radius 1 is 0.784 bits per heavy atom. The Bertz CT molecular complexity index is 2310. The van der Waals surface area contributed by atoms with Crippen LogP contribution in [0.15, 0.2) is 91.1 Å². The van der Waals surface area contributed by atoms with Crippen molar-refractivity contribution in [2.24, 2.45) is 0 Å². The fraction of sp³-hybridized carbons (Fsp3) is 0.289. The van der Waals surface area contributed by atoms with Crippen LogP contribution in [0.1, 0.15) is 81.5 Å². The van der Waals surface area contributed by atoms with Crippen molar-refractivity contribution in [3.63, 3.8) is 0 Å². The van der Waals surface area contributed by atoms with E-state index in [2.05, 4.69) is 132 Å². The number of unbranched alkanes of at least 4 members (excludes halogenated alkanes) is 3. The summed E-state index contributed by atoms with van der Waals surface area (Å²) in [5, 5.41) is 7.34. The molecule has 0 N–H and O–H groups in total. The maximum Gasteiger partial charge on any atom is 2.00 e. The zero-order chi connectivity index (χ0) is 35.0. The number of benzene rings is 4. The van der Waals surface area contributed by atoms with Gasteiger partial charge in [0.25, 0.3) is 0 Å². The molecule has 0 saturated heterocycles. The van der Waals surface area contributed by atoms with Crippen LogP contribution in [0.25, 0.3) is 44.4 Å². The van der Waals surface area contributed by atoms with E-state index in [1.165, 1.54) is 36.6 Å². The quantitative estimate of drug-likeness (QED) is 0.102. The normalized spacial score (nSPS) is 11.7. The van der Waals surface area contributed by atoms with Crippen LogP contribution >= 0.6 is 0 Å². The van der Waals surface area contributed by atoms with Gasteiger partial charge in [0, 0.05) is 34.5 Å². The molecule has 6 heteroatoms. The first-order valence-electron chi connectivity index (χ1n) is 17.9. The van der Waals surface area contributed by atoms with Crippen LogP contribution in [0, 0.1) is 32.9 Å². The van der Waals surface area contributed by atoms with E-state index >= 15 is 0 Å². The van der Waals surface area contributed by atoms with Gasteiger partial charge >= 0.3 is 21.1 Å². The Labute approximate surface area is 317 Å². The van der Waals surface area contributed by atoms with Crippen LogP contribution in [0.2, 0.25) is 0 Å². The fourth-order valence-corrected chi connectivity index (χ4v) is 6.97. The fourth-order valence-electron chi connectivity index (χ4n) is 6.97. The molecule has 0 aliphatic carbocycles. The molecule has 0 spiro atoms. The van der Waals surface area contributed by atoms with Gasteiger partial charge in [-0.15, -0.1) is 41.3 Å². The molecule has 0 atom stereocenters. The van der Waals surface area contributed by atoms with Crippen molar-refractivity contribution in [3.8, 4) is 34.1 Å². The monoisotopic (exact) mass is 853 g/mol. The Hall–Kier alpha value is -4.47. The molecule has 262 valence electrons. The smallest absolute Gasteiger partial charge is 0.509 e. The molecular formula is C45H46N4OPt.